The number of carbonyl (C=O) groups is 1. The minimum Gasteiger partial charge on any atom is -0.466 e. The second kappa shape index (κ2) is 9.97. The Kier molecular flexibility index (Phi) is 7.66. The van der Waals surface area contributed by atoms with Crippen LogP contribution in [0.2, 0.25) is 0 Å². The second-order valence-electron chi connectivity index (χ2n) is 6.15. The first-order valence-corrected chi connectivity index (χ1v) is 9.35. The van der Waals surface area contributed by atoms with Crippen LogP contribution in [0.3, 0.4) is 0 Å². The Morgan fingerprint density at radius 1 is 1.31 bits per heavy atom. The van der Waals surface area contributed by atoms with E-state index in [4.69, 9.17) is 4.98 Å². The van der Waals surface area contributed by atoms with E-state index in [1.54, 1.807) is 6.08 Å². The Morgan fingerprint density at radius 2 is 2.08 bits per heavy atom. The first-order chi connectivity index (χ1) is 12.6. The smallest absolute Gasteiger partial charge is 0.330 e. The van der Waals surface area contributed by atoms with Gasteiger partial charge in [0.1, 0.15) is 0 Å². The largest absolute Gasteiger partial charge is 0.466 e. The fraction of sp³-hybridized carbons (Fsp3) is 0.500. The highest BCUT2D eigenvalue weighted by Gasteiger charge is 2.11. The van der Waals surface area contributed by atoms with E-state index in [9.17, 15) is 4.79 Å². The highest BCUT2D eigenvalue weighted by Crippen LogP contribution is 2.22. The van der Waals surface area contributed by atoms with E-state index in [0.29, 0.717) is 0 Å². The van der Waals surface area contributed by atoms with Crippen molar-refractivity contribution in [3.63, 3.8) is 0 Å². The number of carbonyl (C=O) groups excluding carboxylic acids is 1. The van der Waals surface area contributed by atoms with E-state index in [2.05, 4.69) is 46.4 Å². The number of esters is 1. The van der Waals surface area contributed by atoms with Crippen molar-refractivity contribution in [1.82, 2.24) is 14.5 Å². The summed E-state index contributed by atoms with van der Waals surface area (Å²) in [5.74, 6) is 0.545. The topological polar surface area (TPSA) is 59.4 Å². The van der Waals surface area contributed by atoms with E-state index in [1.807, 2.05) is 12.1 Å². The van der Waals surface area contributed by atoms with Gasteiger partial charge in [0, 0.05) is 25.7 Å². The summed E-state index contributed by atoms with van der Waals surface area (Å²) in [6.07, 6.45) is 4.22. The van der Waals surface area contributed by atoms with E-state index < -0.39 is 0 Å². The standard InChI is InChI=1S/C20H30N4O2/c1-5-12-21-20-22-17-15-16(9-11-19(25)26-4)8-10-18(17)24(20)14-13-23(6-2)7-3/h8-11,15H,5-7,12-14H2,1-4H3,(H,21,22). The molecule has 0 saturated heterocycles. The van der Waals surface area contributed by atoms with Gasteiger partial charge in [-0.05, 0) is 43.3 Å². The maximum Gasteiger partial charge on any atom is 0.330 e. The fourth-order valence-electron chi connectivity index (χ4n) is 2.86. The lowest BCUT2D eigenvalue weighted by Crippen LogP contribution is -2.27. The number of hydrogen-bond donors (Lipinski definition) is 1. The van der Waals surface area contributed by atoms with Crippen LogP contribution in [0.5, 0.6) is 0 Å². The van der Waals surface area contributed by atoms with Gasteiger partial charge in [0.2, 0.25) is 5.95 Å². The van der Waals surface area contributed by atoms with E-state index in [1.165, 1.54) is 13.2 Å². The molecule has 6 nitrogen and oxygen atoms in total. The summed E-state index contributed by atoms with van der Waals surface area (Å²) in [6.45, 7) is 11.4. The predicted molar refractivity (Wildman–Crippen MR) is 107 cm³/mol. The average Bonchev–Trinajstić information content (AvgIpc) is 3.01. The molecule has 0 amide bonds. The number of anilines is 1. The normalized spacial score (nSPS) is 11.6. The SMILES string of the molecule is CCCNc1nc2cc(C=CC(=O)OC)ccc2n1CCN(CC)CC. The van der Waals surface area contributed by atoms with Gasteiger partial charge in [0.15, 0.2) is 0 Å². The fourth-order valence-corrected chi connectivity index (χ4v) is 2.86. The molecule has 2 aromatic rings. The van der Waals surface area contributed by atoms with Crippen molar-refractivity contribution in [3.8, 4) is 0 Å². The summed E-state index contributed by atoms with van der Waals surface area (Å²) >= 11 is 0. The van der Waals surface area contributed by atoms with Gasteiger partial charge in [-0.25, -0.2) is 9.78 Å². The average molecular weight is 358 g/mol. The van der Waals surface area contributed by atoms with Gasteiger partial charge >= 0.3 is 5.97 Å². The molecule has 0 aliphatic carbocycles. The molecule has 0 radical (unpaired) electrons. The number of rotatable bonds is 10. The zero-order valence-electron chi connectivity index (χ0n) is 16.3. The molecule has 0 saturated carbocycles. The summed E-state index contributed by atoms with van der Waals surface area (Å²) in [7, 11) is 1.37. The molecule has 0 fully saturated rings. The van der Waals surface area contributed by atoms with Gasteiger partial charge in [-0.1, -0.05) is 26.8 Å². The predicted octanol–water partition coefficient (Wildman–Crippen LogP) is 3.39. The number of nitrogens with one attached hydrogen (secondary N) is 1. The molecular formula is C20H30N4O2. The van der Waals surface area contributed by atoms with Crippen LogP contribution >= 0.6 is 0 Å². The molecule has 0 spiro atoms. The maximum absolute atomic E-state index is 11.3. The van der Waals surface area contributed by atoms with Gasteiger partial charge in [-0.3, -0.25) is 0 Å². The maximum atomic E-state index is 11.3. The summed E-state index contributed by atoms with van der Waals surface area (Å²) in [6, 6.07) is 6.07. The van der Waals surface area contributed by atoms with Crippen LogP contribution in [-0.2, 0) is 16.1 Å². The summed E-state index contributed by atoms with van der Waals surface area (Å²) in [4.78, 5) is 18.5. The summed E-state index contributed by atoms with van der Waals surface area (Å²) in [5, 5.41) is 3.43. The van der Waals surface area contributed by atoms with Crippen molar-refractivity contribution in [3.05, 3.63) is 29.8 Å². The number of fused-ring (bicyclic) bond motifs is 1. The van der Waals surface area contributed by atoms with Crippen LogP contribution in [0.1, 0.15) is 32.8 Å². The first kappa shape index (κ1) is 20.0. The van der Waals surface area contributed by atoms with Crippen molar-refractivity contribution >= 4 is 29.0 Å². The number of likely N-dealkylation sites (N-methyl/N-ethyl adjacent to an activating group) is 1. The van der Waals surface area contributed by atoms with Crippen molar-refractivity contribution < 1.29 is 9.53 Å². The first-order valence-electron chi connectivity index (χ1n) is 9.35. The molecule has 1 aromatic heterocycles. The van der Waals surface area contributed by atoms with Crippen molar-refractivity contribution in [1.29, 1.82) is 0 Å². The summed E-state index contributed by atoms with van der Waals surface area (Å²) < 4.78 is 6.89. The van der Waals surface area contributed by atoms with E-state index in [-0.39, 0.29) is 5.97 Å². The summed E-state index contributed by atoms with van der Waals surface area (Å²) in [5.41, 5.74) is 2.96. The zero-order valence-corrected chi connectivity index (χ0v) is 16.3. The van der Waals surface area contributed by atoms with Crippen LogP contribution < -0.4 is 5.32 Å². The number of methoxy groups -OCH3 is 1. The Hall–Kier alpha value is -2.34. The third-order valence-corrected chi connectivity index (χ3v) is 4.45. The molecular weight excluding hydrogens is 328 g/mol. The molecule has 1 heterocycles. The third kappa shape index (κ3) is 5.08. The van der Waals surface area contributed by atoms with Crippen LogP contribution in [0, 0.1) is 0 Å². The monoisotopic (exact) mass is 358 g/mol. The number of aromatic nitrogens is 2. The van der Waals surface area contributed by atoms with Crippen molar-refractivity contribution in [2.24, 2.45) is 0 Å². The lowest BCUT2D eigenvalue weighted by atomic mass is 10.2. The minimum absolute atomic E-state index is 0.361. The minimum atomic E-state index is -0.361. The Morgan fingerprint density at radius 3 is 2.73 bits per heavy atom. The molecule has 0 aliphatic rings. The molecule has 142 valence electrons. The van der Waals surface area contributed by atoms with E-state index >= 15 is 0 Å². The Balaban J connectivity index is 2.31. The zero-order chi connectivity index (χ0) is 18.9. The van der Waals surface area contributed by atoms with Crippen molar-refractivity contribution in [2.45, 2.75) is 33.7 Å². The molecule has 26 heavy (non-hydrogen) atoms. The molecule has 1 N–H and O–H groups in total. The van der Waals surface area contributed by atoms with Gasteiger partial charge in [0.05, 0.1) is 18.1 Å². The Bertz CT molecular complexity index is 748. The van der Waals surface area contributed by atoms with Crippen LogP contribution in [0.25, 0.3) is 17.1 Å². The van der Waals surface area contributed by atoms with Gasteiger partial charge < -0.3 is 19.5 Å². The number of ether oxygens (including phenoxy) is 1. The highest BCUT2D eigenvalue weighted by molar-refractivity contribution is 5.88. The molecule has 0 atom stereocenters. The molecule has 0 bridgehead atoms. The highest BCUT2D eigenvalue weighted by atomic mass is 16.5. The molecule has 6 heteroatoms. The van der Waals surface area contributed by atoms with Crippen LogP contribution in [0.4, 0.5) is 5.95 Å². The molecule has 0 aliphatic heterocycles. The van der Waals surface area contributed by atoms with Crippen molar-refractivity contribution in [2.75, 3.05) is 38.6 Å². The van der Waals surface area contributed by atoms with Gasteiger partial charge in [-0.2, -0.15) is 0 Å². The Labute approximate surface area is 155 Å². The van der Waals surface area contributed by atoms with E-state index in [0.717, 1.165) is 61.7 Å². The molecule has 0 unspecified atom stereocenters. The lowest BCUT2D eigenvalue weighted by molar-refractivity contribution is -0.134. The number of benzene rings is 1. The third-order valence-electron chi connectivity index (χ3n) is 4.45. The molecule has 2 rings (SSSR count). The van der Waals surface area contributed by atoms with Crippen LogP contribution in [-0.4, -0.2) is 53.7 Å². The van der Waals surface area contributed by atoms with Crippen LogP contribution in [0.15, 0.2) is 24.3 Å². The van der Waals surface area contributed by atoms with Gasteiger partial charge in [0.25, 0.3) is 0 Å². The number of imidazole rings is 1. The quantitative estimate of drug-likeness (QED) is 0.521. The number of hydrogen-bond acceptors (Lipinski definition) is 5. The van der Waals surface area contributed by atoms with Gasteiger partial charge in [-0.15, -0.1) is 0 Å². The number of nitrogens with zero attached hydrogens (tertiary/aromatic N) is 3. The second-order valence-corrected chi connectivity index (χ2v) is 6.15. The molecule has 1 aromatic carbocycles. The lowest BCUT2D eigenvalue weighted by Gasteiger charge is -2.19.